The summed E-state index contributed by atoms with van der Waals surface area (Å²) in [6.07, 6.45) is 0.332. The molecule has 0 aliphatic heterocycles. The van der Waals surface area contributed by atoms with Crippen LogP contribution in [0.3, 0.4) is 0 Å². The van der Waals surface area contributed by atoms with E-state index in [1.807, 2.05) is 30.3 Å². The predicted molar refractivity (Wildman–Crippen MR) is 85.2 cm³/mol. The van der Waals surface area contributed by atoms with E-state index in [0.717, 1.165) is 16.9 Å². The zero-order valence-electron chi connectivity index (χ0n) is 11.4. The van der Waals surface area contributed by atoms with Crippen molar-refractivity contribution in [2.75, 3.05) is 13.7 Å². The van der Waals surface area contributed by atoms with Crippen LogP contribution in [0.2, 0.25) is 4.34 Å². The molecule has 114 valence electrons. The second-order valence-corrected chi connectivity index (χ2v) is 8.46. The van der Waals surface area contributed by atoms with Crippen LogP contribution < -0.4 is 0 Å². The van der Waals surface area contributed by atoms with Crippen LogP contribution in [0.1, 0.15) is 18.0 Å². The van der Waals surface area contributed by atoms with Gasteiger partial charge in [0.2, 0.25) is 0 Å². The summed E-state index contributed by atoms with van der Waals surface area (Å²) in [5.41, 5.74) is 0.847. The molecule has 4 nitrogen and oxygen atoms in total. The van der Waals surface area contributed by atoms with Gasteiger partial charge < -0.3 is 5.11 Å². The number of rotatable bonds is 6. The first-order chi connectivity index (χ1) is 9.96. The molecule has 0 saturated carbocycles. The number of benzene rings is 1. The van der Waals surface area contributed by atoms with Gasteiger partial charge in [-0.3, -0.25) is 0 Å². The fourth-order valence-electron chi connectivity index (χ4n) is 2.10. The average molecular weight is 346 g/mol. The van der Waals surface area contributed by atoms with Crippen LogP contribution in [-0.2, 0) is 10.0 Å². The van der Waals surface area contributed by atoms with E-state index in [0.29, 0.717) is 10.8 Å². The van der Waals surface area contributed by atoms with Crippen molar-refractivity contribution in [1.82, 2.24) is 4.31 Å². The molecule has 1 atom stereocenters. The first-order valence-electron chi connectivity index (χ1n) is 6.36. The van der Waals surface area contributed by atoms with Crippen LogP contribution in [0, 0.1) is 0 Å². The summed E-state index contributed by atoms with van der Waals surface area (Å²) in [5, 5.41) is 9.25. The predicted octanol–water partition coefficient (Wildman–Crippen LogP) is 3.15. The molecule has 0 amide bonds. The number of hydrogen-bond donors (Lipinski definition) is 1. The molecule has 7 heteroatoms. The first kappa shape index (κ1) is 16.5. The van der Waals surface area contributed by atoms with Crippen molar-refractivity contribution in [1.29, 1.82) is 0 Å². The van der Waals surface area contributed by atoms with Crippen molar-refractivity contribution < 1.29 is 13.5 Å². The zero-order valence-corrected chi connectivity index (χ0v) is 13.8. The molecule has 1 heterocycles. The smallest absolute Gasteiger partial charge is 0.252 e. The standard InChI is InChI=1S/C14H16ClNO3S2/c1-16(21(18,19)14-8-7-13(15)20-14)12(9-10-17)11-5-3-2-4-6-11/h2-8,12,17H,9-10H2,1H3. The molecular formula is C14H16ClNO3S2. The third-order valence-electron chi connectivity index (χ3n) is 3.21. The molecule has 0 aliphatic carbocycles. The van der Waals surface area contributed by atoms with Gasteiger partial charge in [-0.05, 0) is 24.1 Å². The number of hydrogen-bond acceptors (Lipinski definition) is 4. The Morgan fingerprint density at radius 1 is 1.24 bits per heavy atom. The molecule has 0 radical (unpaired) electrons. The van der Waals surface area contributed by atoms with Crippen LogP contribution in [-0.4, -0.2) is 31.5 Å². The molecule has 0 aliphatic rings. The van der Waals surface area contributed by atoms with E-state index < -0.39 is 16.1 Å². The first-order valence-corrected chi connectivity index (χ1v) is 8.99. The van der Waals surface area contributed by atoms with Crippen molar-refractivity contribution in [3.8, 4) is 0 Å². The Hall–Kier alpha value is -0.920. The van der Waals surface area contributed by atoms with E-state index in [1.165, 1.54) is 17.4 Å². The van der Waals surface area contributed by atoms with Gasteiger partial charge in [0.25, 0.3) is 10.0 Å². The van der Waals surface area contributed by atoms with Gasteiger partial charge in [-0.25, -0.2) is 8.42 Å². The lowest BCUT2D eigenvalue weighted by molar-refractivity contribution is 0.240. The van der Waals surface area contributed by atoms with E-state index in [2.05, 4.69) is 0 Å². The summed E-state index contributed by atoms with van der Waals surface area (Å²) in [6.45, 7) is -0.0926. The second kappa shape index (κ2) is 6.89. The number of thiophene rings is 1. The van der Waals surface area contributed by atoms with Gasteiger partial charge >= 0.3 is 0 Å². The minimum absolute atomic E-state index is 0.0926. The molecule has 21 heavy (non-hydrogen) atoms. The van der Waals surface area contributed by atoms with Crippen LogP contribution in [0.25, 0.3) is 0 Å². The molecule has 1 unspecified atom stereocenters. The number of sulfonamides is 1. The van der Waals surface area contributed by atoms with Crippen molar-refractivity contribution >= 4 is 33.0 Å². The van der Waals surface area contributed by atoms with Gasteiger partial charge in [0.15, 0.2) is 0 Å². The van der Waals surface area contributed by atoms with Gasteiger partial charge in [0, 0.05) is 13.7 Å². The Morgan fingerprint density at radius 2 is 1.90 bits per heavy atom. The van der Waals surface area contributed by atoms with Crippen LogP contribution in [0.15, 0.2) is 46.7 Å². The molecular weight excluding hydrogens is 330 g/mol. The summed E-state index contributed by atoms with van der Waals surface area (Å²) in [6, 6.07) is 11.9. The Labute approximate surface area is 133 Å². The molecule has 0 fully saturated rings. The summed E-state index contributed by atoms with van der Waals surface area (Å²) >= 11 is 6.85. The lowest BCUT2D eigenvalue weighted by Crippen LogP contribution is -2.31. The fraction of sp³-hybridized carbons (Fsp3) is 0.286. The molecule has 1 aromatic carbocycles. The highest BCUT2D eigenvalue weighted by Gasteiger charge is 2.29. The summed E-state index contributed by atoms with van der Waals surface area (Å²) < 4.78 is 27.2. The normalized spacial score (nSPS) is 13.5. The highest BCUT2D eigenvalue weighted by Crippen LogP contribution is 2.33. The average Bonchev–Trinajstić information content (AvgIpc) is 2.92. The molecule has 2 rings (SSSR count). The SMILES string of the molecule is CN(C(CCO)c1ccccc1)S(=O)(=O)c1ccc(Cl)s1. The number of aliphatic hydroxyl groups is 1. The van der Waals surface area contributed by atoms with Crippen LogP contribution in [0.4, 0.5) is 0 Å². The molecule has 1 N–H and O–H groups in total. The Kier molecular flexibility index (Phi) is 5.40. The monoisotopic (exact) mass is 345 g/mol. The highest BCUT2D eigenvalue weighted by atomic mass is 35.5. The molecule has 1 aromatic heterocycles. The minimum Gasteiger partial charge on any atom is -0.396 e. The molecule has 0 saturated heterocycles. The number of halogens is 1. The molecule has 0 spiro atoms. The van der Waals surface area contributed by atoms with Crippen LogP contribution >= 0.6 is 22.9 Å². The fourth-order valence-corrected chi connectivity index (χ4v) is 5.14. The van der Waals surface area contributed by atoms with Gasteiger partial charge in [-0.1, -0.05) is 41.9 Å². The van der Waals surface area contributed by atoms with E-state index in [1.54, 1.807) is 6.07 Å². The van der Waals surface area contributed by atoms with E-state index in [4.69, 9.17) is 11.6 Å². The Morgan fingerprint density at radius 3 is 2.43 bits per heavy atom. The zero-order chi connectivity index (χ0) is 15.5. The van der Waals surface area contributed by atoms with E-state index in [-0.39, 0.29) is 10.8 Å². The topological polar surface area (TPSA) is 57.6 Å². The minimum atomic E-state index is -3.63. The van der Waals surface area contributed by atoms with Gasteiger partial charge in [-0.15, -0.1) is 11.3 Å². The third-order valence-corrected chi connectivity index (χ3v) is 6.77. The van der Waals surface area contributed by atoms with Crippen molar-refractivity contribution in [3.05, 3.63) is 52.4 Å². The Bertz CT molecular complexity index is 685. The van der Waals surface area contributed by atoms with Gasteiger partial charge in [0.1, 0.15) is 4.21 Å². The summed E-state index contributed by atoms with van der Waals surface area (Å²) in [7, 11) is -2.11. The van der Waals surface area contributed by atoms with Crippen molar-refractivity contribution in [2.24, 2.45) is 0 Å². The van der Waals surface area contributed by atoms with Gasteiger partial charge in [0.05, 0.1) is 10.4 Å². The maximum absolute atomic E-state index is 12.6. The third kappa shape index (κ3) is 3.64. The largest absolute Gasteiger partial charge is 0.396 e. The lowest BCUT2D eigenvalue weighted by Gasteiger charge is -2.27. The molecule has 0 bridgehead atoms. The number of aliphatic hydroxyl groups excluding tert-OH is 1. The maximum Gasteiger partial charge on any atom is 0.252 e. The highest BCUT2D eigenvalue weighted by molar-refractivity contribution is 7.91. The summed E-state index contributed by atoms with van der Waals surface area (Å²) in [4.78, 5) is 0. The number of nitrogens with zero attached hydrogens (tertiary/aromatic N) is 1. The van der Waals surface area contributed by atoms with Crippen molar-refractivity contribution in [3.63, 3.8) is 0 Å². The van der Waals surface area contributed by atoms with E-state index in [9.17, 15) is 13.5 Å². The maximum atomic E-state index is 12.6. The lowest BCUT2D eigenvalue weighted by atomic mass is 10.0. The quantitative estimate of drug-likeness (QED) is 0.875. The molecule has 2 aromatic rings. The van der Waals surface area contributed by atoms with Gasteiger partial charge in [-0.2, -0.15) is 4.31 Å². The second-order valence-electron chi connectivity index (χ2n) is 4.52. The van der Waals surface area contributed by atoms with Crippen molar-refractivity contribution in [2.45, 2.75) is 16.7 Å². The summed E-state index contributed by atoms with van der Waals surface area (Å²) in [5.74, 6) is 0. The van der Waals surface area contributed by atoms with Crippen LogP contribution in [0.5, 0.6) is 0 Å². The van der Waals surface area contributed by atoms with E-state index >= 15 is 0 Å². The Balaban J connectivity index is 2.36.